The van der Waals surface area contributed by atoms with Gasteiger partial charge in [-0.25, -0.2) is 0 Å². The highest BCUT2D eigenvalue weighted by atomic mass is 32.2. The van der Waals surface area contributed by atoms with Crippen LogP contribution in [0, 0.1) is 0 Å². The maximum Gasteiger partial charge on any atom is 0.424 e. The molecule has 0 nitrogen and oxygen atoms in total. The van der Waals surface area contributed by atoms with Gasteiger partial charge in [0.15, 0.2) is 10.7 Å². The van der Waals surface area contributed by atoms with Gasteiger partial charge in [-0.05, 0) is 6.26 Å². The summed E-state index contributed by atoms with van der Waals surface area (Å²) in [6.45, 7) is 0. The molecule has 0 saturated heterocycles. The summed E-state index contributed by atoms with van der Waals surface area (Å²) < 4.78 is 81.9. The molecular formula is C5H3F7S. The zero-order chi connectivity index (χ0) is 10.9. The molecule has 0 rings (SSSR count). The van der Waals surface area contributed by atoms with Crippen LogP contribution in [0.2, 0.25) is 0 Å². The average molecular weight is 228 g/mol. The van der Waals surface area contributed by atoms with Crippen molar-refractivity contribution < 1.29 is 30.7 Å². The molecule has 0 radical (unpaired) electrons. The lowest BCUT2D eigenvalue weighted by Gasteiger charge is -2.14. The Kier molecular flexibility index (Phi) is 3.65. The molecule has 0 aromatic carbocycles. The van der Waals surface area contributed by atoms with E-state index >= 15 is 0 Å². The molecule has 0 amide bonds. The van der Waals surface area contributed by atoms with Crippen LogP contribution in [-0.2, 0) is 0 Å². The first kappa shape index (κ1) is 12.6. The monoisotopic (exact) mass is 228 g/mol. The van der Waals surface area contributed by atoms with E-state index < -0.39 is 23.1 Å². The van der Waals surface area contributed by atoms with Crippen molar-refractivity contribution in [2.24, 2.45) is 0 Å². The van der Waals surface area contributed by atoms with E-state index in [4.69, 9.17) is 0 Å². The lowest BCUT2D eigenvalue weighted by atomic mass is 10.3. The highest BCUT2D eigenvalue weighted by Crippen LogP contribution is 2.43. The lowest BCUT2D eigenvalue weighted by Crippen LogP contribution is -2.27. The molecule has 0 saturated carbocycles. The smallest absolute Gasteiger partial charge is 0.199 e. The molecular weight excluding hydrogens is 225 g/mol. The molecule has 0 aromatic heterocycles. The number of hydrogen-bond acceptors (Lipinski definition) is 1. The van der Waals surface area contributed by atoms with Gasteiger partial charge in [-0.2, -0.15) is 30.7 Å². The summed E-state index contributed by atoms with van der Waals surface area (Å²) in [5, 5.41) is -2.28. The number of thioether (sulfide) groups is 1. The van der Waals surface area contributed by atoms with Crippen LogP contribution in [-0.4, -0.2) is 18.6 Å². The van der Waals surface area contributed by atoms with Gasteiger partial charge in [-0.1, -0.05) is 11.8 Å². The maximum absolute atomic E-state index is 12.2. The Hall–Kier alpha value is -0.400. The van der Waals surface area contributed by atoms with Gasteiger partial charge in [0.25, 0.3) is 0 Å². The van der Waals surface area contributed by atoms with Crippen molar-refractivity contribution in [3.63, 3.8) is 0 Å². The second-order valence-corrected chi connectivity index (χ2v) is 2.62. The van der Waals surface area contributed by atoms with Gasteiger partial charge in [0.05, 0.1) is 0 Å². The summed E-state index contributed by atoms with van der Waals surface area (Å²) >= 11 is -0.240. The first-order valence-electron chi connectivity index (χ1n) is 2.69. The summed E-state index contributed by atoms with van der Waals surface area (Å²) in [4.78, 5) is 0. The fraction of sp³-hybridized carbons (Fsp3) is 0.600. The molecule has 0 aliphatic rings. The number of rotatable bonds is 1. The van der Waals surface area contributed by atoms with E-state index in [1.165, 1.54) is 0 Å². The first-order chi connectivity index (χ1) is 5.60. The molecule has 8 heteroatoms. The molecule has 0 N–H and O–H groups in total. The summed E-state index contributed by atoms with van der Waals surface area (Å²) in [7, 11) is 0. The van der Waals surface area contributed by atoms with Gasteiger partial charge >= 0.3 is 12.4 Å². The number of alkyl halides is 6. The topological polar surface area (TPSA) is 0 Å². The van der Waals surface area contributed by atoms with Crippen LogP contribution in [0.1, 0.15) is 0 Å². The second-order valence-electron chi connectivity index (χ2n) is 1.85. The highest BCUT2D eigenvalue weighted by Gasteiger charge is 2.53. The van der Waals surface area contributed by atoms with Crippen molar-refractivity contribution in [3.05, 3.63) is 10.7 Å². The molecule has 0 bridgehead atoms. The van der Waals surface area contributed by atoms with E-state index in [-0.39, 0.29) is 11.8 Å². The maximum atomic E-state index is 12.2. The quantitative estimate of drug-likeness (QED) is 0.617. The zero-order valence-electron chi connectivity index (χ0n) is 6.05. The molecule has 13 heavy (non-hydrogen) atoms. The van der Waals surface area contributed by atoms with Crippen LogP contribution >= 0.6 is 11.8 Å². The van der Waals surface area contributed by atoms with Gasteiger partial charge in [0, 0.05) is 0 Å². The van der Waals surface area contributed by atoms with Crippen LogP contribution in [0.15, 0.2) is 10.7 Å². The van der Waals surface area contributed by atoms with E-state index in [9.17, 15) is 30.7 Å². The first-order valence-corrected chi connectivity index (χ1v) is 3.91. The Morgan fingerprint density at radius 1 is 0.923 bits per heavy atom. The van der Waals surface area contributed by atoms with Crippen LogP contribution in [0.3, 0.4) is 0 Å². The molecule has 0 unspecified atom stereocenters. The average Bonchev–Trinajstić information content (AvgIpc) is 1.80. The summed E-state index contributed by atoms with van der Waals surface area (Å²) in [5.41, 5.74) is -3.09. The van der Waals surface area contributed by atoms with E-state index in [1.807, 2.05) is 0 Å². The number of allylic oxidation sites excluding steroid dienone is 1. The molecule has 0 fully saturated rings. The normalized spacial score (nSPS) is 12.9. The SMILES string of the molecule is CSC(F)=C(C(F)(F)F)C(F)(F)F. The minimum absolute atomic E-state index is 0.240. The summed E-state index contributed by atoms with van der Waals surface area (Å²) in [5.74, 6) is 0. The van der Waals surface area contributed by atoms with E-state index in [2.05, 4.69) is 0 Å². The number of halogens is 7. The molecule has 0 heterocycles. The van der Waals surface area contributed by atoms with Crippen molar-refractivity contribution in [3.8, 4) is 0 Å². The van der Waals surface area contributed by atoms with Gasteiger partial charge in [0.1, 0.15) is 0 Å². The van der Waals surface area contributed by atoms with Crippen molar-refractivity contribution in [2.45, 2.75) is 12.4 Å². The molecule has 78 valence electrons. The molecule has 0 aliphatic carbocycles. The predicted octanol–water partition coefficient (Wildman–Crippen LogP) is 3.66. The molecule has 0 aliphatic heterocycles. The van der Waals surface area contributed by atoms with Crippen LogP contribution < -0.4 is 0 Å². The summed E-state index contributed by atoms with van der Waals surface area (Å²) in [6, 6.07) is 0. The fourth-order valence-electron chi connectivity index (χ4n) is 0.486. The van der Waals surface area contributed by atoms with E-state index in [1.54, 1.807) is 0 Å². The van der Waals surface area contributed by atoms with E-state index in [0.29, 0.717) is 0 Å². The van der Waals surface area contributed by atoms with Crippen LogP contribution in [0.4, 0.5) is 30.7 Å². The Balaban J connectivity index is 5.25. The fourth-order valence-corrected chi connectivity index (χ4v) is 0.921. The second kappa shape index (κ2) is 3.77. The van der Waals surface area contributed by atoms with Crippen molar-refractivity contribution in [1.82, 2.24) is 0 Å². The Morgan fingerprint density at radius 2 is 1.23 bits per heavy atom. The van der Waals surface area contributed by atoms with Crippen molar-refractivity contribution >= 4 is 11.8 Å². The Morgan fingerprint density at radius 3 is 1.31 bits per heavy atom. The molecule has 0 aromatic rings. The van der Waals surface area contributed by atoms with Crippen molar-refractivity contribution in [2.75, 3.05) is 6.26 Å². The van der Waals surface area contributed by atoms with E-state index in [0.717, 1.165) is 6.26 Å². The highest BCUT2D eigenvalue weighted by molar-refractivity contribution is 8.02. The Bertz CT molecular complexity index is 194. The lowest BCUT2D eigenvalue weighted by molar-refractivity contribution is -0.173. The minimum atomic E-state index is -5.72. The van der Waals surface area contributed by atoms with Crippen LogP contribution in [0.25, 0.3) is 0 Å². The minimum Gasteiger partial charge on any atom is -0.199 e. The molecule has 0 spiro atoms. The van der Waals surface area contributed by atoms with Crippen LogP contribution in [0.5, 0.6) is 0 Å². The largest absolute Gasteiger partial charge is 0.424 e. The predicted molar refractivity (Wildman–Crippen MR) is 33.8 cm³/mol. The molecule has 0 atom stereocenters. The van der Waals surface area contributed by atoms with Crippen molar-refractivity contribution in [1.29, 1.82) is 0 Å². The standard InChI is InChI=1S/C5H3F7S/c1-13-3(6)2(4(7,8)9)5(10,11)12/h1H3. The van der Waals surface area contributed by atoms with Gasteiger partial charge in [-0.3, -0.25) is 0 Å². The summed E-state index contributed by atoms with van der Waals surface area (Å²) in [6.07, 6.45) is -10.6. The van der Waals surface area contributed by atoms with Gasteiger partial charge < -0.3 is 0 Å². The van der Waals surface area contributed by atoms with Gasteiger partial charge in [0.2, 0.25) is 0 Å². The zero-order valence-corrected chi connectivity index (χ0v) is 6.87. The number of hydrogen-bond donors (Lipinski definition) is 0. The third kappa shape index (κ3) is 3.45. The van der Waals surface area contributed by atoms with Gasteiger partial charge in [-0.15, -0.1) is 0 Å². The third-order valence-corrected chi connectivity index (χ3v) is 1.51. The third-order valence-electron chi connectivity index (χ3n) is 0.943. The Labute approximate surface area is 72.8 Å².